The number of halogens is 4. The molecule has 3 saturated heterocycles. The molecule has 12 heteroatoms. The van der Waals surface area contributed by atoms with E-state index in [1.807, 2.05) is 13.8 Å². The Morgan fingerprint density at radius 3 is 2.44 bits per heavy atom. The molecule has 2 bridgehead atoms. The van der Waals surface area contributed by atoms with Gasteiger partial charge < -0.3 is 14.8 Å². The van der Waals surface area contributed by atoms with Gasteiger partial charge in [0.2, 0.25) is 0 Å². The maximum atomic E-state index is 13.8. The number of nitrogens with one attached hydrogen (secondary N) is 1. The van der Waals surface area contributed by atoms with E-state index >= 15 is 0 Å². The first-order chi connectivity index (χ1) is 18.2. The zero-order valence-corrected chi connectivity index (χ0v) is 23.3. The molecule has 0 aliphatic carbocycles. The number of piperidine rings is 1. The number of anilines is 1. The Labute approximate surface area is 230 Å². The lowest BCUT2D eigenvalue weighted by Crippen LogP contribution is -2.50. The minimum atomic E-state index is -3.92. The highest BCUT2D eigenvalue weighted by Crippen LogP contribution is 2.44. The standard InChI is InChI=1S/C27H30ClF3N2O5S/c1-14-6-17-10-19(11-23(14)33(17)12-18-13-37-27(2,3)38-18)39(35,36)24-7-15(4-5-20(24)28)26(34)32-16-8-21(29)25(31)22(30)9-16/h4-5,7-9,14,17-19,23H,6,10-13H2,1-3H3,(H,32,34)/t14-,17?,18-,19?,23?/m0/s1. The summed E-state index contributed by atoms with van der Waals surface area (Å²) in [6.07, 6.45) is 1.61. The second-order valence-corrected chi connectivity index (χ2v) is 13.7. The van der Waals surface area contributed by atoms with Crippen LogP contribution in [0.3, 0.4) is 0 Å². The van der Waals surface area contributed by atoms with Crippen molar-refractivity contribution in [2.75, 3.05) is 18.5 Å². The van der Waals surface area contributed by atoms with E-state index in [1.165, 1.54) is 18.2 Å². The number of ether oxygens (including phenoxy) is 2. The van der Waals surface area contributed by atoms with E-state index in [-0.39, 0.29) is 39.4 Å². The number of sulfone groups is 1. The summed E-state index contributed by atoms with van der Waals surface area (Å²) < 4.78 is 79.7. The molecular weight excluding hydrogens is 557 g/mol. The Hall–Kier alpha value is -2.18. The van der Waals surface area contributed by atoms with Gasteiger partial charge in [-0.3, -0.25) is 9.69 Å². The van der Waals surface area contributed by atoms with Crippen LogP contribution in [-0.4, -0.2) is 61.6 Å². The summed E-state index contributed by atoms with van der Waals surface area (Å²) in [5.74, 6) is -5.74. The Bertz CT molecular complexity index is 1380. The van der Waals surface area contributed by atoms with Crippen LogP contribution in [0.1, 0.15) is 50.4 Å². The lowest BCUT2D eigenvalue weighted by Gasteiger charge is -2.40. The van der Waals surface area contributed by atoms with Gasteiger partial charge in [-0.15, -0.1) is 0 Å². The van der Waals surface area contributed by atoms with Gasteiger partial charge in [-0.2, -0.15) is 0 Å². The highest BCUT2D eigenvalue weighted by molar-refractivity contribution is 7.92. The zero-order chi connectivity index (χ0) is 28.3. The fourth-order valence-corrected chi connectivity index (χ4v) is 8.44. The first kappa shape index (κ1) is 28.4. The number of carbonyl (C=O) groups excluding carboxylic acids is 1. The number of amides is 1. The molecule has 212 valence electrons. The van der Waals surface area contributed by atoms with Crippen LogP contribution in [0.5, 0.6) is 0 Å². The van der Waals surface area contributed by atoms with Crippen molar-refractivity contribution < 1.29 is 35.9 Å². The summed E-state index contributed by atoms with van der Waals surface area (Å²) >= 11 is 6.32. The molecule has 1 N–H and O–H groups in total. The Morgan fingerprint density at radius 1 is 1.13 bits per heavy atom. The SMILES string of the molecule is C[C@H]1CC2CC(S(=O)(=O)c3cc(C(=O)Nc4cc(F)c(F)c(F)c4)ccc3Cl)CC1N2C[C@H]1COC(C)(C)O1. The topological polar surface area (TPSA) is 84.9 Å². The third kappa shape index (κ3) is 5.56. The number of rotatable bonds is 6. The molecule has 39 heavy (non-hydrogen) atoms. The van der Waals surface area contributed by atoms with Gasteiger partial charge in [0.15, 0.2) is 33.1 Å². The van der Waals surface area contributed by atoms with Gasteiger partial charge in [-0.1, -0.05) is 18.5 Å². The lowest BCUT2D eigenvalue weighted by atomic mass is 9.98. The Kier molecular flexibility index (Phi) is 7.51. The predicted molar refractivity (Wildman–Crippen MR) is 139 cm³/mol. The molecule has 2 aromatic carbocycles. The van der Waals surface area contributed by atoms with Crippen LogP contribution >= 0.6 is 11.6 Å². The van der Waals surface area contributed by atoms with Gasteiger partial charge in [0, 0.05) is 42.0 Å². The van der Waals surface area contributed by atoms with Crippen LogP contribution in [0.2, 0.25) is 5.02 Å². The Morgan fingerprint density at radius 2 is 1.82 bits per heavy atom. The van der Waals surface area contributed by atoms with Crippen molar-refractivity contribution in [2.45, 2.75) is 74.2 Å². The smallest absolute Gasteiger partial charge is 0.255 e. The third-order valence-electron chi connectivity index (χ3n) is 7.90. The fraction of sp³-hybridized carbons (Fsp3) is 0.519. The summed E-state index contributed by atoms with van der Waals surface area (Å²) in [6.45, 7) is 7.02. The van der Waals surface area contributed by atoms with Crippen molar-refractivity contribution in [3.8, 4) is 0 Å². The van der Waals surface area contributed by atoms with Crippen LogP contribution < -0.4 is 5.32 Å². The number of benzene rings is 2. The molecule has 5 rings (SSSR count). The summed E-state index contributed by atoms with van der Waals surface area (Å²) in [4.78, 5) is 15.0. The van der Waals surface area contributed by atoms with Crippen molar-refractivity contribution in [1.82, 2.24) is 4.90 Å². The van der Waals surface area contributed by atoms with Crippen molar-refractivity contribution in [2.24, 2.45) is 5.92 Å². The molecule has 0 spiro atoms. The van der Waals surface area contributed by atoms with E-state index in [9.17, 15) is 26.4 Å². The number of carbonyl (C=O) groups is 1. The van der Waals surface area contributed by atoms with Gasteiger partial charge >= 0.3 is 0 Å². The highest BCUT2D eigenvalue weighted by atomic mass is 35.5. The molecule has 0 saturated carbocycles. The number of hydrogen-bond donors (Lipinski definition) is 1. The van der Waals surface area contributed by atoms with Crippen LogP contribution in [0.4, 0.5) is 18.9 Å². The quantitative estimate of drug-likeness (QED) is 0.470. The third-order valence-corrected chi connectivity index (χ3v) is 10.6. The number of fused-ring (bicyclic) bond motifs is 2. The van der Waals surface area contributed by atoms with E-state index in [0.717, 1.165) is 6.42 Å². The highest BCUT2D eigenvalue weighted by Gasteiger charge is 2.50. The first-order valence-electron chi connectivity index (χ1n) is 12.8. The Balaban J connectivity index is 1.34. The van der Waals surface area contributed by atoms with E-state index in [0.29, 0.717) is 44.0 Å². The van der Waals surface area contributed by atoms with Gasteiger partial charge in [-0.25, -0.2) is 21.6 Å². The van der Waals surface area contributed by atoms with E-state index < -0.39 is 44.2 Å². The molecule has 1 amide bonds. The van der Waals surface area contributed by atoms with E-state index in [2.05, 4.69) is 17.1 Å². The molecule has 0 aromatic heterocycles. The van der Waals surface area contributed by atoms with Crippen LogP contribution in [-0.2, 0) is 19.3 Å². The van der Waals surface area contributed by atoms with Gasteiger partial charge in [0.25, 0.3) is 5.91 Å². The van der Waals surface area contributed by atoms with E-state index in [1.54, 1.807) is 0 Å². The largest absolute Gasteiger partial charge is 0.348 e. The van der Waals surface area contributed by atoms with Crippen molar-refractivity contribution in [3.63, 3.8) is 0 Å². The van der Waals surface area contributed by atoms with Crippen LogP contribution in [0.25, 0.3) is 0 Å². The monoisotopic (exact) mass is 586 g/mol. The average Bonchev–Trinajstić information content (AvgIpc) is 3.27. The molecule has 5 atom stereocenters. The molecule has 3 aliphatic heterocycles. The average molecular weight is 587 g/mol. The van der Waals surface area contributed by atoms with Crippen molar-refractivity contribution >= 4 is 33.0 Å². The minimum absolute atomic E-state index is 0.0213. The molecule has 2 aromatic rings. The zero-order valence-electron chi connectivity index (χ0n) is 21.7. The molecule has 3 fully saturated rings. The van der Waals surface area contributed by atoms with Crippen LogP contribution in [0.15, 0.2) is 35.2 Å². The second kappa shape index (κ2) is 10.3. The fourth-order valence-electron chi connectivity index (χ4n) is 6.09. The molecule has 0 radical (unpaired) electrons. The molecule has 3 heterocycles. The first-order valence-corrected chi connectivity index (χ1v) is 14.7. The summed E-state index contributed by atoms with van der Waals surface area (Å²) in [6, 6.07) is 5.17. The van der Waals surface area contributed by atoms with Crippen LogP contribution in [0, 0.1) is 23.4 Å². The van der Waals surface area contributed by atoms with Gasteiger partial charge in [0.05, 0.1) is 27.9 Å². The molecule has 7 nitrogen and oxygen atoms in total. The maximum absolute atomic E-state index is 13.8. The second-order valence-electron chi connectivity index (χ2n) is 11.1. The number of hydrogen-bond acceptors (Lipinski definition) is 6. The lowest BCUT2D eigenvalue weighted by molar-refractivity contribution is -0.141. The van der Waals surface area contributed by atoms with Gasteiger partial charge in [-0.05, 0) is 57.2 Å². The van der Waals surface area contributed by atoms with Crippen molar-refractivity contribution in [1.29, 1.82) is 0 Å². The normalized spacial score (nSPS) is 28.5. The van der Waals surface area contributed by atoms with Gasteiger partial charge in [0.1, 0.15) is 0 Å². The maximum Gasteiger partial charge on any atom is 0.255 e. The minimum Gasteiger partial charge on any atom is -0.348 e. The predicted octanol–water partition coefficient (Wildman–Crippen LogP) is 5.18. The summed E-state index contributed by atoms with van der Waals surface area (Å²) in [5.41, 5.74) is -0.383. The number of nitrogens with zero attached hydrogens (tertiary/aromatic N) is 1. The molecule has 3 unspecified atom stereocenters. The summed E-state index contributed by atoms with van der Waals surface area (Å²) in [5, 5.41) is 1.55. The van der Waals surface area contributed by atoms with Crippen molar-refractivity contribution in [3.05, 3.63) is 58.4 Å². The van der Waals surface area contributed by atoms with E-state index in [4.69, 9.17) is 21.1 Å². The molecular formula is C27H30ClF3N2O5S. The summed E-state index contributed by atoms with van der Waals surface area (Å²) in [7, 11) is -3.92. The molecule has 3 aliphatic rings.